The molecule has 1 aromatic carbocycles. The van der Waals surface area contributed by atoms with Crippen molar-refractivity contribution < 1.29 is 9.84 Å². The number of para-hydroxylation sites is 1. The molecular formula is C16H25NO2. The third-order valence-corrected chi connectivity index (χ3v) is 3.61. The predicted molar refractivity (Wildman–Crippen MR) is 77.4 cm³/mol. The zero-order valence-corrected chi connectivity index (χ0v) is 11.8. The van der Waals surface area contributed by atoms with E-state index in [0.717, 1.165) is 31.6 Å². The van der Waals surface area contributed by atoms with Gasteiger partial charge in [0.2, 0.25) is 0 Å². The van der Waals surface area contributed by atoms with Crippen LogP contribution in [-0.4, -0.2) is 29.9 Å². The summed E-state index contributed by atoms with van der Waals surface area (Å²) in [6.45, 7) is 3.07. The molecule has 3 heteroatoms. The number of aliphatic hydroxyl groups is 1. The van der Waals surface area contributed by atoms with Gasteiger partial charge in [0, 0.05) is 11.6 Å². The summed E-state index contributed by atoms with van der Waals surface area (Å²) in [5.74, 6) is 0.934. The predicted octanol–water partition coefficient (Wildman–Crippen LogP) is 2.74. The monoisotopic (exact) mass is 263 g/mol. The van der Waals surface area contributed by atoms with Crippen molar-refractivity contribution in [3.05, 3.63) is 30.3 Å². The second-order valence-corrected chi connectivity index (χ2v) is 5.76. The van der Waals surface area contributed by atoms with Crippen molar-refractivity contribution in [3.8, 4) is 5.75 Å². The van der Waals surface area contributed by atoms with Crippen molar-refractivity contribution >= 4 is 0 Å². The largest absolute Gasteiger partial charge is 0.494 e. The van der Waals surface area contributed by atoms with Crippen LogP contribution in [0.1, 0.15) is 39.0 Å². The van der Waals surface area contributed by atoms with Gasteiger partial charge in [0.1, 0.15) is 5.75 Å². The zero-order chi connectivity index (χ0) is 13.6. The van der Waals surface area contributed by atoms with E-state index in [1.807, 2.05) is 30.3 Å². The summed E-state index contributed by atoms with van der Waals surface area (Å²) in [5.41, 5.74) is -0.117. The maximum absolute atomic E-state index is 9.50. The average Bonchev–Trinajstić information content (AvgIpc) is 3.23. The lowest BCUT2D eigenvalue weighted by atomic mass is 9.95. The minimum atomic E-state index is -0.117. The van der Waals surface area contributed by atoms with Crippen molar-refractivity contribution in [2.45, 2.75) is 50.6 Å². The minimum Gasteiger partial charge on any atom is -0.494 e. The highest BCUT2D eigenvalue weighted by molar-refractivity contribution is 5.20. The van der Waals surface area contributed by atoms with Crippen LogP contribution >= 0.6 is 0 Å². The van der Waals surface area contributed by atoms with Crippen LogP contribution in [0.4, 0.5) is 0 Å². The summed E-state index contributed by atoms with van der Waals surface area (Å²) < 4.78 is 5.66. The molecule has 0 aliphatic heterocycles. The van der Waals surface area contributed by atoms with Crippen LogP contribution in [0.3, 0.4) is 0 Å². The van der Waals surface area contributed by atoms with Gasteiger partial charge in [0.05, 0.1) is 13.2 Å². The summed E-state index contributed by atoms with van der Waals surface area (Å²) in [7, 11) is 0. The normalized spacial score (nSPS) is 18.0. The zero-order valence-electron chi connectivity index (χ0n) is 11.8. The second-order valence-electron chi connectivity index (χ2n) is 5.76. The van der Waals surface area contributed by atoms with Crippen LogP contribution in [-0.2, 0) is 0 Å². The number of rotatable bonds is 9. The fourth-order valence-corrected chi connectivity index (χ4v) is 2.24. The number of ether oxygens (including phenoxy) is 1. The molecule has 0 amide bonds. The SMILES string of the molecule is CC(CO)(CCCCOc1ccccc1)NC1CC1. The number of hydrogen-bond donors (Lipinski definition) is 2. The van der Waals surface area contributed by atoms with E-state index in [1.54, 1.807) is 0 Å². The van der Waals surface area contributed by atoms with Gasteiger partial charge >= 0.3 is 0 Å². The van der Waals surface area contributed by atoms with Crippen LogP contribution in [0.15, 0.2) is 30.3 Å². The van der Waals surface area contributed by atoms with Gasteiger partial charge in [-0.3, -0.25) is 0 Å². The molecule has 0 spiro atoms. The molecule has 19 heavy (non-hydrogen) atoms. The summed E-state index contributed by atoms with van der Waals surface area (Å²) in [6.07, 6.45) is 5.61. The van der Waals surface area contributed by atoms with Gasteiger partial charge in [-0.25, -0.2) is 0 Å². The second kappa shape index (κ2) is 6.92. The first-order valence-electron chi connectivity index (χ1n) is 7.28. The Labute approximate surface area is 116 Å². The van der Waals surface area contributed by atoms with Crippen LogP contribution < -0.4 is 10.1 Å². The lowest BCUT2D eigenvalue weighted by Gasteiger charge is -2.29. The molecule has 1 unspecified atom stereocenters. The maximum atomic E-state index is 9.50. The van der Waals surface area contributed by atoms with Gasteiger partial charge in [0.15, 0.2) is 0 Å². The Morgan fingerprint density at radius 3 is 2.63 bits per heavy atom. The molecule has 1 fully saturated rings. The van der Waals surface area contributed by atoms with Gasteiger partial charge < -0.3 is 15.2 Å². The number of unbranched alkanes of at least 4 members (excludes halogenated alkanes) is 1. The molecule has 1 aromatic rings. The van der Waals surface area contributed by atoms with Gasteiger partial charge in [0.25, 0.3) is 0 Å². The van der Waals surface area contributed by atoms with Gasteiger partial charge in [-0.15, -0.1) is 0 Å². The Balaban J connectivity index is 1.60. The highest BCUT2D eigenvalue weighted by atomic mass is 16.5. The van der Waals surface area contributed by atoms with E-state index in [4.69, 9.17) is 4.74 Å². The number of benzene rings is 1. The van der Waals surface area contributed by atoms with Gasteiger partial charge in [-0.1, -0.05) is 18.2 Å². The summed E-state index contributed by atoms with van der Waals surface area (Å²) >= 11 is 0. The molecule has 2 rings (SSSR count). The van der Waals surface area contributed by atoms with E-state index in [-0.39, 0.29) is 12.1 Å². The van der Waals surface area contributed by atoms with E-state index in [9.17, 15) is 5.11 Å². The lowest BCUT2D eigenvalue weighted by Crippen LogP contribution is -2.46. The number of aliphatic hydroxyl groups excluding tert-OH is 1. The summed E-state index contributed by atoms with van der Waals surface area (Å²) in [6, 6.07) is 10.6. The molecule has 0 bridgehead atoms. The van der Waals surface area contributed by atoms with Crippen LogP contribution in [0.2, 0.25) is 0 Å². The molecule has 0 saturated heterocycles. The standard InChI is InChI=1S/C16H25NO2/c1-16(13-18,17-14-9-10-14)11-5-6-12-19-15-7-3-2-4-8-15/h2-4,7-8,14,17-18H,5-6,9-13H2,1H3. The van der Waals surface area contributed by atoms with E-state index < -0.39 is 0 Å². The summed E-state index contributed by atoms with van der Waals surface area (Å²) in [4.78, 5) is 0. The van der Waals surface area contributed by atoms with E-state index >= 15 is 0 Å². The molecule has 0 radical (unpaired) electrons. The third-order valence-electron chi connectivity index (χ3n) is 3.61. The van der Waals surface area contributed by atoms with Crippen LogP contribution in [0.5, 0.6) is 5.75 Å². The van der Waals surface area contributed by atoms with Crippen LogP contribution in [0, 0.1) is 0 Å². The van der Waals surface area contributed by atoms with Crippen LogP contribution in [0.25, 0.3) is 0 Å². The van der Waals surface area contributed by atoms with E-state index in [1.165, 1.54) is 12.8 Å². The topological polar surface area (TPSA) is 41.5 Å². The van der Waals surface area contributed by atoms with Crippen molar-refractivity contribution in [2.24, 2.45) is 0 Å². The smallest absolute Gasteiger partial charge is 0.119 e. The Morgan fingerprint density at radius 2 is 2.00 bits per heavy atom. The molecule has 1 saturated carbocycles. The molecule has 0 aromatic heterocycles. The van der Waals surface area contributed by atoms with Gasteiger partial charge in [-0.05, 0) is 51.2 Å². The van der Waals surface area contributed by atoms with E-state index in [2.05, 4.69) is 12.2 Å². The van der Waals surface area contributed by atoms with Crippen molar-refractivity contribution in [1.82, 2.24) is 5.32 Å². The van der Waals surface area contributed by atoms with Crippen molar-refractivity contribution in [2.75, 3.05) is 13.2 Å². The quantitative estimate of drug-likeness (QED) is 0.673. The fourth-order valence-electron chi connectivity index (χ4n) is 2.24. The fraction of sp³-hybridized carbons (Fsp3) is 0.625. The molecule has 1 atom stereocenters. The Kier molecular flexibility index (Phi) is 5.23. The highest BCUT2D eigenvalue weighted by Gasteiger charge is 2.31. The average molecular weight is 263 g/mol. The third kappa shape index (κ3) is 5.21. The summed E-state index contributed by atoms with van der Waals surface area (Å²) in [5, 5.41) is 13.0. The maximum Gasteiger partial charge on any atom is 0.119 e. The van der Waals surface area contributed by atoms with Crippen molar-refractivity contribution in [3.63, 3.8) is 0 Å². The molecule has 0 heterocycles. The highest BCUT2D eigenvalue weighted by Crippen LogP contribution is 2.24. The first-order chi connectivity index (χ1) is 9.22. The Morgan fingerprint density at radius 1 is 1.26 bits per heavy atom. The van der Waals surface area contributed by atoms with E-state index in [0.29, 0.717) is 6.04 Å². The number of hydrogen-bond acceptors (Lipinski definition) is 3. The van der Waals surface area contributed by atoms with Crippen molar-refractivity contribution in [1.29, 1.82) is 0 Å². The minimum absolute atomic E-state index is 0.117. The number of nitrogens with one attached hydrogen (secondary N) is 1. The molecule has 1 aliphatic carbocycles. The van der Waals surface area contributed by atoms with Gasteiger partial charge in [-0.2, -0.15) is 0 Å². The Hall–Kier alpha value is -1.06. The first kappa shape index (κ1) is 14.4. The molecular weight excluding hydrogens is 238 g/mol. The molecule has 3 nitrogen and oxygen atoms in total. The molecule has 1 aliphatic rings. The lowest BCUT2D eigenvalue weighted by molar-refractivity contribution is 0.158. The molecule has 106 valence electrons. The molecule has 2 N–H and O–H groups in total. The Bertz CT molecular complexity index is 364. The first-order valence-corrected chi connectivity index (χ1v) is 7.28.